The Morgan fingerprint density at radius 3 is 2.67 bits per heavy atom. The van der Waals surface area contributed by atoms with Gasteiger partial charge in [0.15, 0.2) is 0 Å². The summed E-state index contributed by atoms with van der Waals surface area (Å²) in [5.41, 5.74) is 7.16. The quantitative estimate of drug-likeness (QED) is 0.820. The molecule has 0 aromatic heterocycles. The SMILES string of the molecule is CC(N)C(C)c1cccc(OC2CC2)c1. The average Bonchev–Trinajstić information content (AvgIpc) is 3.01. The third-order valence-corrected chi connectivity index (χ3v) is 3.00. The van der Waals surface area contributed by atoms with Crippen molar-refractivity contribution in [1.29, 1.82) is 0 Å². The summed E-state index contributed by atoms with van der Waals surface area (Å²) >= 11 is 0. The highest BCUT2D eigenvalue weighted by atomic mass is 16.5. The van der Waals surface area contributed by atoms with E-state index >= 15 is 0 Å². The molecular weight excluding hydrogens is 186 g/mol. The first-order chi connectivity index (χ1) is 7.16. The van der Waals surface area contributed by atoms with Gasteiger partial charge in [0, 0.05) is 6.04 Å². The highest BCUT2D eigenvalue weighted by Gasteiger charge is 2.23. The number of nitrogens with two attached hydrogens (primary N) is 1. The maximum absolute atomic E-state index is 5.89. The molecule has 0 bridgehead atoms. The molecule has 2 N–H and O–H groups in total. The fourth-order valence-electron chi connectivity index (χ4n) is 1.55. The van der Waals surface area contributed by atoms with Crippen LogP contribution in [-0.4, -0.2) is 12.1 Å². The molecule has 1 aliphatic rings. The van der Waals surface area contributed by atoms with Crippen LogP contribution in [0.4, 0.5) is 0 Å². The molecule has 0 aliphatic heterocycles. The molecule has 1 aromatic carbocycles. The molecule has 1 fully saturated rings. The first-order valence-electron chi connectivity index (χ1n) is 5.69. The van der Waals surface area contributed by atoms with Gasteiger partial charge in [-0.3, -0.25) is 0 Å². The zero-order valence-corrected chi connectivity index (χ0v) is 9.44. The summed E-state index contributed by atoms with van der Waals surface area (Å²) in [6, 6.07) is 8.49. The summed E-state index contributed by atoms with van der Waals surface area (Å²) in [7, 11) is 0. The summed E-state index contributed by atoms with van der Waals surface area (Å²) in [4.78, 5) is 0. The molecule has 1 saturated carbocycles. The van der Waals surface area contributed by atoms with Crippen molar-refractivity contribution < 1.29 is 4.74 Å². The van der Waals surface area contributed by atoms with E-state index < -0.39 is 0 Å². The minimum absolute atomic E-state index is 0.182. The van der Waals surface area contributed by atoms with Crippen LogP contribution in [0.25, 0.3) is 0 Å². The van der Waals surface area contributed by atoms with Crippen LogP contribution in [0.2, 0.25) is 0 Å². The number of benzene rings is 1. The first kappa shape index (κ1) is 10.5. The maximum atomic E-state index is 5.89. The van der Waals surface area contributed by atoms with Crippen molar-refractivity contribution >= 4 is 0 Å². The van der Waals surface area contributed by atoms with Crippen LogP contribution < -0.4 is 10.5 Å². The lowest BCUT2D eigenvalue weighted by atomic mass is 9.95. The van der Waals surface area contributed by atoms with Gasteiger partial charge in [-0.1, -0.05) is 19.1 Å². The fourth-order valence-corrected chi connectivity index (χ4v) is 1.55. The third-order valence-electron chi connectivity index (χ3n) is 3.00. The second-order valence-corrected chi connectivity index (χ2v) is 4.54. The monoisotopic (exact) mass is 205 g/mol. The molecular formula is C13H19NO. The van der Waals surface area contributed by atoms with E-state index in [9.17, 15) is 0 Å². The van der Waals surface area contributed by atoms with Gasteiger partial charge in [0.05, 0.1) is 6.10 Å². The number of rotatable bonds is 4. The number of hydrogen-bond acceptors (Lipinski definition) is 2. The van der Waals surface area contributed by atoms with E-state index in [1.165, 1.54) is 18.4 Å². The van der Waals surface area contributed by atoms with E-state index in [1.54, 1.807) is 0 Å². The highest BCUT2D eigenvalue weighted by molar-refractivity contribution is 5.31. The molecule has 0 amide bonds. The zero-order chi connectivity index (χ0) is 10.8. The summed E-state index contributed by atoms with van der Waals surface area (Å²) in [5.74, 6) is 1.37. The van der Waals surface area contributed by atoms with E-state index in [1.807, 2.05) is 19.1 Å². The Morgan fingerprint density at radius 1 is 1.33 bits per heavy atom. The van der Waals surface area contributed by atoms with Gasteiger partial charge in [-0.25, -0.2) is 0 Å². The third kappa shape index (κ3) is 2.72. The van der Waals surface area contributed by atoms with E-state index in [0.29, 0.717) is 12.0 Å². The van der Waals surface area contributed by atoms with Crippen molar-refractivity contribution in [2.45, 2.75) is 44.8 Å². The lowest BCUT2D eigenvalue weighted by Crippen LogP contribution is -2.22. The van der Waals surface area contributed by atoms with E-state index in [4.69, 9.17) is 10.5 Å². The van der Waals surface area contributed by atoms with Gasteiger partial charge in [-0.2, -0.15) is 0 Å². The summed E-state index contributed by atoms with van der Waals surface area (Å²) in [6.45, 7) is 4.19. The van der Waals surface area contributed by atoms with Gasteiger partial charge in [0.1, 0.15) is 5.75 Å². The van der Waals surface area contributed by atoms with Gasteiger partial charge in [-0.05, 0) is 43.4 Å². The average molecular weight is 205 g/mol. The minimum atomic E-state index is 0.182. The summed E-state index contributed by atoms with van der Waals surface area (Å²) in [6.07, 6.45) is 2.87. The van der Waals surface area contributed by atoms with Crippen LogP contribution in [0, 0.1) is 0 Å². The van der Waals surface area contributed by atoms with Crippen molar-refractivity contribution in [3.8, 4) is 5.75 Å². The molecule has 2 atom stereocenters. The Kier molecular flexibility index (Phi) is 2.96. The van der Waals surface area contributed by atoms with Crippen LogP contribution in [0.5, 0.6) is 5.75 Å². The first-order valence-corrected chi connectivity index (χ1v) is 5.69. The van der Waals surface area contributed by atoms with Crippen LogP contribution in [0.1, 0.15) is 38.2 Å². The normalized spacial score (nSPS) is 19.7. The standard InChI is InChI=1S/C13H19NO/c1-9(10(2)14)11-4-3-5-13(8-11)15-12-6-7-12/h3-5,8-10,12H,6-7,14H2,1-2H3. The van der Waals surface area contributed by atoms with Gasteiger partial charge in [-0.15, -0.1) is 0 Å². The molecule has 1 aromatic rings. The molecule has 0 spiro atoms. The molecule has 2 unspecified atom stereocenters. The molecule has 1 aliphatic carbocycles. The highest BCUT2D eigenvalue weighted by Crippen LogP contribution is 2.29. The second-order valence-electron chi connectivity index (χ2n) is 4.54. The van der Waals surface area contributed by atoms with Gasteiger partial charge >= 0.3 is 0 Å². The summed E-state index contributed by atoms with van der Waals surface area (Å²) < 4.78 is 5.76. The molecule has 15 heavy (non-hydrogen) atoms. The van der Waals surface area contributed by atoms with Crippen LogP contribution >= 0.6 is 0 Å². The van der Waals surface area contributed by atoms with Gasteiger partial charge in [0.25, 0.3) is 0 Å². The fraction of sp³-hybridized carbons (Fsp3) is 0.538. The van der Waals surface area contributed by atoms with E-state index in [0.717, 1.165) is 5.75 Å². The predicted molar refractivity (Wildman–Crippen MR) is 62.2 cm³/mol. The van der Waals surface area contributed by atoms with Crippen molar-refractivity contribution in [2.75, 3.05) is 0 Å². The Hall–Kier alpha value is -1.02. The molecule has 2 rings (SSSR count). The van der Waals surface area contributed by atoms with Crippen LogP contribution in [-0.2, 0) is 0 Å². The Morgan fingerprint density at radius 2 is 2.07 bits per heavy atom. The zero-order valence-electron chi connectivity index (χ0n) is 9.44. The van der Waals surface area contributed by atoms with Crippen LogP contribution in [0.3, 0.4) is 0 Å². The molecule has 82 valence electrons. The van der Waals surface area contributed by atoms with Crippen molar-refractivity contribution in [1.82, 2.24) is 0 Å². The molecule has 2 nitrogen and oxygen atoms in total. The van der Waals surface area contributed by atoms with Crippen molar-refractivity contribution in [2.24, 2.45) is 5.73 Å². The van der Waals surface area contributed by atoms with Gasteiger partial charge < -0.3 is 10.5 Å². The number of hydrogen-bond donors (Lipinski definition) is 1. The summed E-state index contributed by atoms with van der Waals surface area (Å²) in [5, 5.41) is 0. The van der Waals surface area contributed by atoms with E-state index in [-0.39, 0.29) is 6.04 Å². The second kappa shape index (κ2) is 4.23. The molecule has 2 heteroatoms. The van der Waals surface area contributed by atoms with E-state index in [2.05, 4.69) is 19.1 Å². The Labute approximate surface area is 91.4 Å². The Balaban J connectivity index is 2.10. The van der Waals surface area contributed by atoms with Crippen molar-refractivity contribution in [3.63, 3.8) is 0 Å². The lowest BCUT2D eigenvalue weighted by Gasteiger charge is -2.16. The lowest BCUT2D eigenvalue weighted by molar-refractivity contribution is 0.302. The Bertz CT molecular complexity index is 331. The maximum Gasteiger partial charge on any atom is 0.120 e. The molecule has 0 saturated heterocycles. The van der Waals surface area contributed by atoms with Crippen LogP contribution in [0.15, 0.2) is 24.3 Å². The molecule has 0 heterocycles. The minimum Gasteiger partial charge on any atom is -0.490 e. The van der Waals surface area contributed by atoms with Gasteiger partial charge in [0.2, 0.25) is 0 Å². The number of ether oxygens (including phenoxy) is 1. The predicted octanol–water partition coefficient (Wildman–Crippen LogP) is 2.68. The largest absolute Gasteiger partial charge is 0.490 e. The topological polar surface area (TPSA) is 35.2 Å². The smallest absolute Gasteiger partial charge is 0.120 e. The molecule has 0 radical (unpaired) electrons. The van der Waals surface area contributed by atoms with Crippen molar-refractivity contribution in [3.05, 3.63) is 29.8 Å².